The maximum Gasteiger partial charge on any atom is 0.335 e. The van der Waals surface area contributed by atoms with Crippen molar-refractivity contribution in [3.8, 4) is 5.75 Å². The summed E-state index contributed by atoms with van der Waals surface area (Å²) in [5, 5.41) is 20.3. The zero-order chi connectivity index (χ0) is 27.9. The van der Waals surface area contributed by atoms with Crippen molar-refractivity contribution in [1.82, 2.24) is 0 Å². The van der Waals surface area contributed by atoms with Gasteiger partial charge in [0, 0.05) is 5.56 Å². The van der Waals surface area contributed by atoms with E-state index in [1.54, 1.807) is 48.6 Å². The highest BCUT2D eigenvalue weighted by molar-refractivity contribution is 5.87. The summed E-state index contributed by atoms with van der Waals surface area (Å²) < 4.78 is 20.3. The van der Waals surface area contributed by atoms with Crippen LogP contribution in [0.5, 0.6) is 5.75 Å². The van der Waals surface area contributed by atoms with Gasteiger partial charge in [0.1, 0.15) is 17.2 Å². The lowest BCUT2D eigenvalue weighted by Gasteiger charge is -2.44. The molecule has 3 aromatic carbocycles. The van der Waals surface area contributed by atoms with E-state index in [-0.39, 0.29) is 22.2 Å². The second kappa shape index (κ2) is 10.0. The molecule has 0 saturated heterocycles. The van der Waals surface area contributed by atoms with Gasteiger partial charge in [0.2, 0.25) is 0 Å². The van der Waals surface area contributed by atoms with Crippen LogP contribution in [0, 0.1) is 5.82 Å². The number of carboxylic acids is 1. The Bertz CT molecular complexity index is 1350. The van der Waals surface area contributed by atoms with E-state index < -0.39 is 17.7 Å². The third kappa shape index (κ3) is 5.68. The zero-order valence-corrected chi connectivity index (χ0v) is 23.0. The molecule has 200 valence electrons. The van der Waals surface area contributed by atoms with Gasteiger partial charge in [0.25, 0.3) is 0 Å². The Labute approximate surface area is 224 Å². The molecule has 0 saturated carbocycles. The number of rotatable bonds is 7. The second-order valence-electron chi connectivity index (χ2n) is 12.1. The van der Waals surface area contributed by atoms with E-state index in [9.17, 15) is 14.3 Å². The summed E-state index contributed by atoms with van der Waals surface area (Å²) in [4.78, 5) is 11.1. The molecule has 0 radical (unpaired) electrons. The second-order valence-corrected chi connectivity index (χ2v) is 12.1. The first-order valence-electron chi connectivity index (χ1n) is 13.0. The maximum atomic E-state index is 13.6. The van der Waals surface area contributed by atoms with Crippen molar-refractivity contribution in [3.05, 3.63) is 106 Å². The van der Waals surface area contributed by atoms with Crippen LogP contribution in [-0.2, 0) is 16.4 Å². The molecule has 38 heavy (non-hydrogen) atoms. The van der Waals surface area contributed by atoms with Crippen molar-refractivity contribution < 1.29 is 24.1 Å². The van der Waals surface area contributed by atoms with E-state index >= 15 is 0 Å². The fraction of sp³-hybridized carbons (Fsp3) is 0.364. The van der Waals surface area contributed by atoms with Crippen molar-refractivity contribution in [2.24, 2.45) is 0 Å². The van der Waals surface area contributed by atoms with Crippen molar-refractivity contribution in [2.75, 3.05) is 0 Å². The summed E-state index contributed by atoms with van der Waals surface area (Å²) in [5.74, 6) is -0.543. The van der Waals surface area contributed by atoms with Gasteiger partial charge in [0.15, 0.2) is 0 Å². The van der Waals surface area contributed by atoms with Crippen LogP contribution in [0.15, 0.2) is 66.7 Å². The first-order valence-corrected chi connectivity index (χ1v) is 13.0. The van der Waals surface area contributed by atoms with Gasteiger partial charge in [-0.05, 0) is 90.1 Å². The van der Waals surface area contributed by atoms with Gasteiger partial charge in [-0.3, -0.25) is 0 Å². The molecule has 5 heteroatoms. The maximum absolute atomic E-state index is 13.6. The molecule has 4 nitrogen and oxygen atoms in total. The first kappa shape index (κ1) is 27.6. The van der Waals surface area contributed by atoms with Gasteiger partial charge in [-0.15, -0.1) is 0 Å². The highest BCUT2D eigenvalue weighted by Gasteiger charge is 2.41. The molecule has 0 amide bonds. The van der Waals surface area contributed by atoms with Crippen LogP contribution in [0.4, 0.5) is 4.39 Å². The Kier molecular flexibility index (Phi) is 7.28. The largest absolute Gasteiger partial charge is 0.483 e. The van der Waals surface area contributed by atoms with Gasteiger partial charge in [0.05, 0.1) is 11.7 Å². The molecule has 0 aliphatic heterocycles. The van der Waals surface area contributed by atoms with Gasteiger partial charge < -0.3 is 14.9 Å². The summed E-state index contributed by atoms with van der Waals surface area (Å²) in [6.07, 6.45) is 4.62. The number of aliphatic hydroxyl groups excluding tert-OH is 1. The van der Waals surface area contributed by atoms with Crippen LogP contribution >= 0.6 is 0 Å². The number of ether oxygens (including phenoxy) is 1. The molecule has 1 unspecified atom stereocenters. The quantitative estimate of drug-likeness (QED) is 0.335. The highest BCUT2D eigenvalue weighted by atomic mass is 19.1. The van der Waals surface area contributed by atoms with Gasteiger partial charge >= 0.3 is 5.97 Å². The summed E-state index contributed by atoms with van der Waals surface area (Å²) in [5.41, 5.74) is 3.94. The summed E-state index contributed by atoms with van der Waals surface area (Å²) in [6, 6.07) is 16.9. The number of halogens is 1. The normalized spacial score (nSPS) is 17.2. The number of fused-ring (bicyclic) bond motifs is 1. The summed E-state index contributed by atoms with van der Waals surface area (Å²) in [7, 11) is 0. The molecular formula is C33H37FO4. The van der Waals surface area contributed by atoms with E-state index in [0.717, 1.165) is 46.4 Å². The highest BCUT2D eigenvalue weighted by Crippen LogP contribution is 2.51. The number of hydrogen-bond donors (Lipinski definition) is 2. The predicted octanol–water partition coefficient (Wildman–Crippen LogP) is 7.93. The predicted molar refractivity (Wildman–Crippen MR) is 149 cm³/mol. The number of aromatic carboxylic acids is 1. The van der Waals surface area contributed by atoms with Crippen molar-refractivity contribution in [3.63, 3.8) is 0 Å². The Hall–Kier alpha value is -3.44. The third-order valence-electron chi connectivity index (χ3n) is 7.78. The molecule has 0 spiro atoms. The number of aliphatic hydroxyl groups is 1. The van der Waals surface area contributed by atoms with E-state index in [1.807, 2.05) is 19.9 Å². The lowest BCUT2D eigenvalue weighted by molar-refractivity contribution is 0.0696. The number of carboxylic acid groups (broad SMARTS) is 1. The zero-order valence-electron chi connectivity index (χ0n) is 23.0. The van der Waals surface area contributed by atoms with Crippen molar-refractivity contribution in [1.29, 1.82) is 0 Å². The van der Waals surface area contributed by atoms with E-state index in [0.29, 0.717) is 0 Å². The molecule has 2 N–H and O–H groups in total. The van der Waals surface area contributed by atoms with Crippen LogP contribution < -0.4 is 4.74 Å². The topological polar surface area (TPSA) is 66.8 Å². The van der Waals surface area contributed by atoms with E-state index in [4.69, 9.17) is 9.84 Å². The van der Waals surface area contributed by atoms with Crippen LogP contribution in [0.3, 0.4) is 0 Å². The molecule has 0 fully saturated rings. The first-order chi connectivity index (χ1) is 17.7. The molecule has 1 atom stereocenters. The SMILES string of the molecule is CC1(C)CCC(C)(C)c2c(OC(C)(C)c3ccc(F)cc3)cc(C(O)/C=C/c3ccc(C(=O)O)cc3)cc21. The van der Waals surface area contributed by atoms with Crippen LogP contribution in [0.25, 0.3) is 6.08 Å². The number of benzene rings is 3. The lowest BCUT2D eigenvalue weighted by atomic mass is 9.62. The average molecular weight is 517 g/mol. The lowest BCUT2D eigenvalue weighted by Crippen LogP contribution is -2.36. The minimum Gasteiger partial charge on any atom is -0.483 e. The minimum absolute atomic E-state index is 0.102. The molecule has 1 aliphatic carbocycles. The van der Waals surface area contributed by atoms with Crippen molar-refractivity contribution >= 4 is 12.0 Å². The average Bonchev–Trinajstić information content (AvgIpc) is 2.85. The summed E-state index contributed by atoms with van der Waals surface area (Å²) in [6.45, 7) is 12.9. The molecule has 0 aromatic heterocycles. The van der Waals surface area contributed by atoms with E-state index in [2.05, 4.69) is 33.8 Å². The Morgan fingerprint density at radius 2 is 1.58 bits per heavy atom. The smallest absolute Gasteiger partial charge is 0.335 e. The fourth-order valence-corrected chi connectivity index (χ4v) is 5.24. The van der Waals surface area contributed by atoms with Crippen LogP contribution in [0.2, 0.25) is 0 Å². The standard InChI is InChI=1S/C33H37FO4/c1-31(2)17-18-32(3,4)29-26(31)19-23(27(35)16-9-21-7-10-22(11-8-21)30(36)37)20-28(29)38-33(5,6)24-12-14-25(34)15-13-24/h7-16,19-20,27,35H,17-18H2,1-6H3,(H,36,37)/b16-9+. The molecular weight excluding hydrogens is 479 g/mol. The fourth-order valence-electron chi connectivity index (χ4n) is 5.24. The monoisotopic (exact) mass is 516 g/mol. The van der Waals surface area contributed by atoms with Crippen LogP contribution in [0.1, 0.15) is 98.7 Å². The number of hydrogen-bond acceptors (Lipinski definition) is 3. The third-order valence-corrected chi connectivity index (χ3v) is 7.78. The molecule has 3 aromatic rings. The number of carbonyl (C=O) groups is 1. The minimum atomic E-state index is -0.976. The molecule has 0 heterocycles. The van der Waals surface area contributed by atoms with E-state index in [1.165, 1.54) is 12.1 Å². The van der Waals surface area contributed by atoms with Gasteiger partial charge in [-0.25, -0.2) is 9.18 Å². The van der Waals surface area contributed by atoms with Crippen molar-refractivity contribution in [2.45, 2.75) is 76.9 Å². The molecule has 0 bridgehead atoms. The van der Waals surface area contributed by atoms with Crippen LogP contribution in [-0.4, -0.2) is 16.2 Å². The Balaban J connectivity index is 1.76. The molecule has 1 aliphatic rings. The van der Waals surface area contributed by atoms with Gasteiger partial charge in [-0.2, -0.15) is 0 Å². The summed E-state index contributed by atoms with van der Waals surface area (Å²) >= 11 is 0. The molecule has 4 rings (SSSR count). The van der Waals surface area contributed by atoms with Gasteiger partial charge in [-0.1, -0.05) is 70.2 Å². The Morgan fingerprint density at radius 1 is 0.974 bits per heavy atom. The Morgan fingerprint density at radius 3 is 2.18 bits per heavy atom.